The third kappa shape index (κ3) is 2.83. The fourth-order valence-electron chi connectivity index (χ4n) is 3.06. The third-order valence-electron chi connectivity index (χ3n) is 4.22. The summed E-state index contributed by atoms with van der Waals surface area (Å²) >= 11 is 4.71. The molecule has 24 heavy (non-hydrogen) atoms. The van der Waals surface area contributed by atoms with Crippen molar-refractivity contribution in [2.75, 3.05) is 32.9 Å². The number of halogens is 1. The lowest BCUT2D eigenvalue weighted by Gasteiger charge is -2.33. The van der Waals surface area contributed by atoms with E-state index in [1.165, 1.54) is 11.3 Å². The van der Waals surface area contributed by atoms with Gasteiger partial charge in [-0.25, -0.2) is 9.78 Å². The number of ether oxygens (including phenoxy) is 2. The maximum Gasteiger partial charge on any atom is 0.365 e. The van der Waals surface area contributed by atoms with Gasteiger partial charge in [0.2, 0.25) is 5.01 Å². The first-order chi connectivity index (χ1) is 11.6. The van der Waals surface area contributed by atoms with E-state index < -0.39 is 5.97 Å². The van der Waals surface area contributed by atoms with Crippen LogP contribution in [0.3, 0.4) is 0 Å². The Kier molecular flexibility index (Phi) is 4.29. The van der Waals surface area contributed by atoms with E-state index in [2.05, 4.69) is 25.8 Å². The predicted octanol–water partition coefficient (Wildman–Crippen LogP) is 3.04. The van der Waals surface area contributed by atoms with Crippen LogP contribution in [-0.4, -0.2) is 53.9 Å². The number of rotatable bonds is 2. The molecule has 0 spiro atoms. The van der Waals surface area contributed by atoms with Crippen LogP contribution >= 0.6 is 27.3 Å². The van der Waals surface area contributed by atoms with Gasteiger partial charge in [0.25, 0.3) is 0 Å². The van der Waals surface area contributed by atoms with Gasteiger partial charge in [-0.1, -0.05) is 15.9 Å². The monoisotopic (exact) mass is 410 g/mol. The lowest BCUT2D eigenvalue weighted by molar-refractivity contribution is 0.00683. The minimum absolute atomic E-state index is 0.0133. The summed E-state index contributed by atoms with van der Waals surface area (Å²) in [6.07, 6.45) is 0. The van der Waals surface area contributed by atoms with Gasteiger partial charge in [0.05, 0.1) is 29.8 Å². The first-order valence-corrected chi connectivity index (χ1v) is 9.23. The molecule has 1 aromatic carbocycles. The molecule has 0 amide bonds. The Bertz CT molecular complexity index is 788. The molecule has 0 aliphatic carbocycles. The van der Waals surface area contributed by atoms with Gasteiger partial charge in [-0.2, -0.15) is 0 Å². The third-order valence-corrected chi connectivity index (χ3v) is 5.86. The zero-order valence-electron chi connectivity index (χ0n) is 12.7. The molecule has 2 aromatic rings. The molecule has 8 heteroatoms. The lowest BCUT2D eigenvalue weighted by Crippen LogP contribution is -2.40. The maximum atomic E-state index is 11.4. The second kappa shape index (κ2) is 6.44. The maximum absolute atomic E-state index is 11.4. The smallest absolute Gasteiger partial charge is 0.365 e. The van der Waals surface area contributed by atoms with Crippen molar-refractivity contribution in [2.45, 2.75) is 6.04 Å². The number of fused-ring (bicyclic) bond motifs is 3. The number of hydrogen-bond acceptors (Lipinski definition) is 6. The minimum Gasteiger partial charge on any atom is -0.491 e. The molecule has 3 heterocycles. The second-order valence-corrected chi connectivity index (χ2v) is 7.60. The highest BCUT2D eigenvalue weighted by molar-refractivity contribution is 9.10. The summed E-state index contributed by atoms with van der Waals surface area (Å²) in [5.74, 6) is -0.260. The molecule has 1 saturated heterocycles. The number of aromatic carboxylic acids is 1. The summed E-state index contributed by atoms with van der Waals surface area (Å²) in [7, 11) is 0. The van der Waals surface area contributed by atoms with Crippen molar-refractivity contribution in [1.29, 1.82) is 0 Å². The second-order valence-electron chi connectivity index (χ2n) is 5.65. The molecule has 1 N–H and O–H groups in total. The Hall–Kier alpha value is -1.48. The lowest BCUT2D eigenvalue weighted by atomic mass is 10.1. The van der Waals surface area contributed by atoms with Crippen molar-refractivity contribution in [3.63, 3.8) is 0 Å². The molecular weight excluding hydrogens is 396 g/mol. The fourth-order valence-corrected chi connectivity index (χ4v) is 4.46. The first-order valence-electron chi connectivity index (χ1n) is 7.62. The van der Waals surface area contributed by atoms with Crippen LogP contribution in [0.2, 0.25) is 0 Å². The number of hydrogen-bond donors (Lipinski definition) is 1. The Morgan fingerprint density at radius 2 is 2.17 bits per heavy atom. The van der Waals surface area contributed by atoms with Crippen molar-refractivity contribution in [3.8, 4) is 17.0 Å². The van der Waals surface area contributed by atoms with Crippen molar-refractivity contribution in [1.82, 2.24) is 9.88 Å². The molecule has 2 aliphatic rings. The standard InChI is InChI=1S/C16H15BrN2O4S/c17-9-1-2-12-10(7-9)13-14(24-15(18-13)16(20)21)11(8-23-12)19-3-5-22-6-4-19/h1-2,7,11H,3-6,8H2,(H,20,21). The van der Waals surface area contributed by atoms with Gasteiger partial charge >= 0.3 is 5.97 Å². The number of aromatic nitrogens is 1. The molecule has 4 rings (SSSR count). The van der Waals surface area contributed by atoms with Crippen LogP contribution < -0.4 is 4.74 Å². The largest absolute Gasteiger partial charge is 0.491 e. The van der Waals surface area contributed by atoms with Crippen LogP contribution in [0.15, 0.2) is 22.7 Å². The normalized spacial score (nSPS) is 20.6. The Morgan fingerprint density at radius 3 is 2.92 bits per heavy atom. The van der Waals surface area contributed by atoms with E-state index in [-0.39, 0.29) is 11.0 Å². The van der Waals surface area contributed by atoms with Gasteiger partial charge in [-0.3, -0.25) is 4.90 Å². The van der Waals surface area contributed by atoms with E-state index in [9.17, 15) is 9.90 Å². The highest BCUT2D eigenvalue weighted by Crippen LogP contribution is 2.43. The molecular formula is C16H15BrN2O4S. The van der Waals surface area contributed by atoms with Crippen molar-refractivity contribution in [2.24, 2.45) is 0 Å². The van der Waals surface area contributed by atoms with Gasteiger partial charge in [-0.15, -0.1) is 11.3 Å². The molecule has 2 aliphatic heterocycles. The molecule has 126 valence electrons. The van der Waals surface area contributed by atoms with E-state index >= 15 is 0 Å². The summed E-state index contributed by atoms with van der Waals surface area (Å²) in [4.78, 5) is 19.1. The van der Waals surface area contributed by atoms with E-state index in [0.29, 0.717) is 25.5 Å². The Morgan fingerprint density at radius 1 is 1.38 bits per heavy atom. The highest BCUT2D eigenvalue weighted by atomic mass is 79.9. The van der Waals surface area contributed by atoms with Gasteiger partial charge < -0.3 is 14.6 Å². The van der Waals surface area contributed by atoms with Crippen molar-refractivity contribution < 1.29 is 19.4 Å². The Balaban J connectivity index is 1.84. The quantitative estimate of drug-likeness (QED) is 0.819. The van der Waals surface area contributed by atoms with Crippen LogP contribution in [0.4, 0.5) is 0 Å². The number of carboxylic acids is 1. The van der Waals surface area contributed by atoms with Crippen LogP contribution in [0, 0.1) is 0 Å². The number of nitrogens with zero attached hydrogens (tertiary/aromatic N) is 2. The molecule has 0 radical (unpaired) electrons. The number of morpholine rings is 1. The average molecular weight is 411 g/mol. The van der Waals surface area contributed by atoms with Gasteiger partial charge in [0.1, 0.15) is 12.4 Å². The summed E-state index contributed by atoms with van der Waals surface area (Å²) in [6, 6.07) is 5.73. The molecule has 0 saturated carbocycles. The topological polar surface area (TPSA) is 71.9 Å². The highest BCUT2D eigenvalue weighted by Gasteiger charge is 2.33. The Labute approximate surface area is 151 Å². The van der Waals surface area contributed by atoms with Gasteiger partial charge in [0, 0.05) is 23.1 Å². The van der Waals surface area contributed by atoms with Crippen LogP contribution in [0.25, 0.3) is 11.3 Å². The number of carbonyl (C=O) groups is 1. The number of carboxylic acid groups (broad SMARTS) is 1. The zero-order chi connectivity index (χ0) is 16.7. The fraction of sp³-hybridized carbons (Fsp3) is 0.375. The summed E-state index contributed by atoms with van der Waals surface area (Å²) < 4.78 is 12.4. The summed E-state index contributed by atoms with van der Waals surface area (Å²) in [5, 5.41) is 9.49. The van der Waals surface area contributed by atoms with Crippen LogP contribution in [0.5, 0.6) is 5.75 Å². The van der Waals surface area contributed by atoms with E-state index in [4.69, 9.17) is 9.47 Å². The zero-order valence-corrected chi connectivity index (χ0v) is 15.1. The van der Waals surface area contributed by atoms with Gasteiger partial charge in [0.15, 0.2) is 0 Å². The molecule has 1 atom stereocenters. The van der Waals surface area contributed by atoms with Gasteiger partial charge in [-0.05, 0) is 18.2 Å². The van der Waals surface area contributed by atoms with E-state index in [1.54, 1.807) is 0 Å². The first kappa shape index (κ1) is 16.0. The molecule has 1 fully saturated rings. The summed E-state index contributed by atoms with van der Waals surface area (Å²) in [5.41, 5.74) is 1.54. The average Bonchev–Trinajstić information content (AvgIpc) is 2.97. The van der Waals surface area contributed by atoms with Crippen LogP contribution in [0.1, 0.15) is 20.7 Å². The molecule has 6 nitrogen and oxygen atoms in total. The van der Waals surface area contributed by atoms with Crippen LogP contribution in [-0.2, 0) is 4.74 Å². The summed E-state index contributed by atoms with van der Waals surface area (Å²) in [6.45, 7) is 3.42. The van der Waals surface area contributed by atoms with Crippen molar-refractivity contribution >= 4 is 33.2 Å². The number of benzene rings is 1. The predicted molar refractivity (Wildman–Crippen MR) is 92.8 cm³/mol. The van der Waals surface area contributed by atoms with E-state index in [1.807, 2.05) is 18.2 Å². The van der Waals surface area contributed by atoms with E-state index in [0.717, 1.165) is 33.8 Å². The minimum atomic E-state index is -0.994. The molecule has 1 aromatic heterocycles. The molecule has 0 bridgehead atoms. The molecule has 1 unspecified atom stereocenters. The van der Waals surface area contributed by atoms with Crippen molar-refractivity contribution in [3.05, 3.63) is 32.6 Å². The SMILES string of the molecule is O=C(O)c1nc2c(s1)C(N1CCOCC1)COc1ccc(Br)cc1-2. The number of thiazole rings is 1.